The molecule has 4 nitrogen and oxygen atoms in total. The Morgan fingerprint density at radius 3 is 2.19 bits per heavy atom. The van der Waals surface area contributed by atoms with Crippen LogP contribution in [0.15, 0.2) is 0 Å². The van der Waals surface area contributed by atoms with Gasteiger partial charge >= 0.3 is 0 Å². The molecule has 0 aliphatic carbocycles. The molecule has 1 amide bonds. The summed E-state index contributed by atoms with van der Waals surface area (Å²) in [6, 6.07) is 0. The quantitative estimate of drug-likeness (QED) is 0.674. The number of piperidine rings is 1. The van der Waals surface area contributed by atoms with Gasteiger partial charge in [-0.15, -0.1) is 0 Å². The van der Waals surface area contributed by atoms with Gasteiger partial charge in [-0.25, -0.2) is 0 Å². The van der Waals surface area contributed by atoms with Gasteiger partial charge < -0.3 is 9.80 Å². The van der Waals surface area contributed by atoms with Gasteiger partial charge in [-0.2, -0.15) is 0 Å². The second-order valence-electron chi connectivity index (χ2n) is 5.02. The molecule has 2 aliphatic rings. The lowest BCUT2D eigenvalue weighted by molar-refractivity contribution is -0.134. The fourth-order valence-corrected chi connectivity index (χ4v) is 2.46. The van der Waals surface area contributed by atoms with Crippen LogP contribution in [-0.2, 0) is 4.79 Å². The third-order valence-electron chi connectivity index (χ3n) is 3.66. The number of carbonyl (C=O) groups excluding carboxylic acids is 1. The van der Waals surface area contributed by atoms with Gasteiger partial charge in [0.2, 0.25) is 5.91 Å². The van der Waals surface area contributed by atoms with Crippen LogP contribution >= 0.6 is 0 Å². The van der Waals surface area contributed by atoms with Gasteiger partial charge in [-0.3, -0.25) is 9.69 Å². The second-order valence-corrected chi connectivity index (χ2v) is 5.02. The molecule has 0 bridgehead atoms. The molecule has 2 heterocycles. The highest BCUT2D eigenvalue weighted by Gasteiger charge is 2.21. The first-order valence-corrected chi connectivity index (χ1v) is 6.44. The van der Waals surface area contributed by atoms with E-state index in [1.165, 1.54) is 19.3 Å². The number of piperazine rings is 1. The number of hydrogen-bond donors (Lipinski definition) is 0. The molecule has 0 saturated carbocycles. The van der Waals surface area contributed by atoms with E-state index in [0.717, 1.165) is 39.3 Å². The summed E-state index contributed by atoms with van der Waals surface area (Å²) in [5.41, 5.74) is 0. The second kappa shape index (κ2) is 5.64. The van der Waals surface area contributed by atoms with Crippen LogP contribution in [0.5, 0.6) is 0 Å². The zero-order chi connectivity index (χ0) is 11.4. The largest absolute Gasteiger partial charge is 0.339 e. The number of carbonyl (C=O) groups is 1. The molecule has 0 N–H and O–H groups in total. The summed E-state index contributed by atoms with van der Waals surface area (Å²) in [6.07, 6.45) is 3.85. The van der Waals surface area contributed by atoms with E-state index in [1.807, 2.05) is 4.90 Å². The minimum absolute atomic E-state index is 0.329. The molecule has 0 aromatic rings. The van der Waals surface area contributed by atoms with Crippen LogP contribution in [0.3, 0.4) is 0 Å². The summed E-state index contributed by atoms with van der Waals surface area (Å²) in [6.45, 7) is 6.71. The fourth-order valence-electron chi connectivity index (χ4n) is 2.46. The molecule has 0 spiro atoms. The van der Waals surface area contributed by atoms with Crippen molar-refractivity contribution in [3.05, 3.63) is 0 Å². The standard InChI is InChI=1S/C12H23N3O/c1-13-7-9-15(10-8-13)12(16)11-14-5-3-2-4-6-14/h2-11H2,1H3. The maximum absolute atomic E-state index is 12.0. The lowest BCUT2D eigenvalue weighted by Gasteiger charge is -2.34. The average Bonchev–Trinajstić information content (AvgIpc) is 2.31. The van der Waals surface area contributed by atoms with Crippen LogP contribution in [0.1, 0.15) is 19.3 Å². The Labute approximate surface area is 98.2 Å². The fraction of sp³-hybridized carbons (Fsp3) is 0.917. The van der Waals surface area contributed by atoms with Crippen molar-refractivity contribution in [2.24, 2.45) is 0 Å². The molecule has 2 fully saturated rings. The van der Waals surface area contributed by atoms with Crippen molar-refractivity contribution >= 4 is 5.91 Å². The molecule has 16 heavy (non-hydrogen) atoms. The van der Waals surface area contributed by atoms with Crippen LogP contribution in [0.4, 0.5) is 0 Å². The number of amides is 1. The number of likely N-dealkylation sites (N-methyl/N-ethyl adjacent to an activating group) is 1. The van der Waals surface area contributed by atoms with Crippen LogP contribution in [0.25, 0.3) is 0 Å². The summed E-state index contributed by atoms with van der Waals surface area (Å²) in [5.74, 6) is 0.329. The molecule has 2 rings (SSSR count). The van der Waals surface area contributed by atoms with Crippen LogP contribution in [-0.4, -0.2) is 73.5 Å². The van der Waals surface area contributed by atoms with Crippen molar-refractivity contribution in [1.29, 1.82) is 0 Å². The molecule has 0 radical (unpaired) electrons. The minimum Gasteiger partial charge on any atom is -0.339 e. The van der Waals surface area contributed by atoms with Gasteiger partial charge in [0.15, 0.2) is 0 Å². The Bertz CT molecular complexity index is 230. The summed E-state index contributed by atoms with van der Waals surface area (Å²) in [5, 5.41) is 0. The van der Waals surface area contributed by atoms with E-state index in [9.17, 15) is 4.79 Å². The number of likely N-dealkylation sites (tertiary alicyclic amines) is 1. The zero-order valence-electron chi connectivity index (χ0n) is 10.3. The van der Waals surface area contributed by atoms with Crippen LogP contribution in [0, 0.1) is 0 Å². The van der Waals surface area contributed by atoms with Crippen molar-refractivity contribution in [2.75, 3.05) is 52.9 Å². The van der Waals surface area contributed by atoms with E-state index in [2.05, 4.69) is 16.8 Å². The Balaban J connectivity index is 1.74. The minimum atomic E-state index is 0.329. The first-order valence-electron chi connectivity index (χ1n) is 6.44. The van der Waals surface area contributed by atoms with E-state index in [4.69, 9.17) is 0 Å². The summed E-state index contributed by atoms with van der Waals surface area (Å²) in [4.78, 5) is 18.7. The van der Waals surface area contributed by atoms with Gasteiger partial charge in [0.1, 0.15) is 0 Å². The third kappa shape index (κ3) is 3.19. The van der Waals surface area contributed by atoms with Gasteiger partial charge in [-0.1, -0.05) is 6.42 Å². The molecule has 92 valence electrons. The topological polar surface area (TPSA) is 26.8 Å². The molecule has 0 aromatic carbocycles. The Morgan fingerprint density at radius 1 is 0.938 bits per heavy atom. The highest BCUT2D eigenvalue weighted by molar-refractivity contribution is 5.78. The van der Waals surface area contributed by atoms with Crippen molar-refractivity contribution < 1.29 is 4.79 Å². The van der Waals surface area contributed by atoms with Crippen molar-refractivity contribution in [2.45, 2.75) is 19.3 Å². The van der Waals surface area contributed by atoms with Crippen molar-refractivity contribution in [1.82, 2.24) is 14.7 Å². The highest BCUT2D eigenvalue weighted by Crippen LogP contribution is 2.09. The lowest BCUT2D eigenvalue weighted by atomic mass is 10.1. The first-order chi connectivity index (χ1) is 7.75. The summed E-state index contributed by atoms with van der Waals surface area (Å²) in [7, 11) is 2.12. The third-order valence-corrected chi connectivity index (χ3v) is 3.66. The SMILES string of the molecule is CN1CCN(C(=O)CN2CCCCC2)CC1. The zero-order valence-corrected chi connectivity index (χ0v) is 10.3. The number of nitrogens with zero attached hydrogens (tertiary/aromatic N) is 3. The molecule has 0 aromatic heterocycles. The van der Waals surface area contributed by atoms with E-state index in [0.29, 0.717) is 12.5 Å². The smallest absolute Gasteiger partial charge is 0.236 e. The van der Waals surface area contributed by atoms with E-state index >= 15 is 0 Å². The Hall–Kier alpha value is -0.610. The predicted octanol–water partition coefficient (Wildman–Crippen LogP) is 0.246. The first kappa shape index (κ1) is 11.9. The van der Waals surface area contributed by atoms with E-state index in [-0.39, 0.29) is 0 Å². The summed E-state index contributed by atoms with van der Waals surface area (Å²) < 4.78 is 0. The summed E-state index contributed by atoms with van der Waals surface area (Å²) >= 11 is 0. The molecule has 0 unspecified atom stereocenters. The predicted molar refractivity (Wildman–Crippen MR) is 64.4 cm³/mol. The maximum Gasteiger partial charge on any atom is 0.236 e. The molecular weight excluding hydrogens is 202 g/mol. The van der Waals surface area contributed by atoms with Gasteiger partial charge in [0, 0.05) is 26.2 Å². The van der Waals surface area contributed by atoms with Gasteiger partial charge in [0.25, 0.3) is 0 Å². The van der Waals surface area contributed by atoms with Gasteiger partial charge in [-0.05, 0) is 33.0 Å². The van der Waals surface area contributed by atoms with Crippen molar-refractivity contribution in [3.63, 3.8) is 0 Å². The molecule has 0 atom stereocenters. The van der Waals surface area contributed by atoms with Crippen molar-refractivity contribution in [3.8, 4) is 0 Å². The molecule has 2 aliphatic heterocycles. The monoisotopic (exact) mass is 225 g/mol. The average molecular weight is 225 g/mol. The Morgan fingerprint density at radius 2 is 1.56 bits per heavy atom. The number of rotatable bonds is 2. The van der Waals surface area contributed by atoms with Crippen LogP contribution < -0.4 is 0 Å². The van der Waals surface area contributed by atoms with Gasteiger partial charge in [0.05, 0.1) is 6.54 Å². The molecule has 2 saturated heterocycles. The normalized spacial score (nSPS) is 24.7. The van der Waals surface area contributed by atoms with E-state index < -0.39 is 0 Å². The van der Waals surface area contributed by atoms with E-state index in [1.54, 1.807) is 0 Å². The lowest BCUT2D eigenvalue weighted by Crippen LogP contribution is -2.50. The highest BCUT2D eigenvalue weighted by atomic mass is 16.2. The molecular formula is C12H23N3O. The Kier molecular flexibility index (Phi) is 4.18. The van der Waals surface area contributed by atoms with Crippen LogP contribution in [0.2, 0.25) is 0 Å². The number of hydrogen-bond acceptors (Lipinski definition) is 3. The molecule has 4 heteroatoms. The maximum atomic E-state index is 12.0.